The van der Waals surface area contributed by atoms with E-state index in [0.717, 1.165) is 17.3 Å². The number of nitrogens with zero attached hydrogens (tertiary/aromatic N) is 1. The van der Waals surface area contributed by atoms with Crippen LogP contribution in [-0.2, 0) is 6.54 Å². The second kappa shape index (κ2) is 7.78. The van der Waals surface area contributed by atoms with Gasteiger partial charge in [-0.25, -0.2) is 4.79 Å². The lowest BCUT2D eigenvalue weighted by Crippen LogP contribution is -2.29. The second-order valence-electron chi connectivity index (χ2n) is 5.42. The van der Waals surface area contributed by atoms with Crippen LogP contribution in [0.15, 0.2) is 48.5 Å². The molecule has 0 saturated heterocycles. The summed E-state index contributed by atoms with van der Waals surface area (Å²) in [4.78, 5) is 13.9. The van der Waals surface area contributed by atoms with Crippen molar-refractivity contribution in [2.75, 3.05) is 24.3 Å². The Morgan fingerprint density at radius 3 is 2.52 bits per heavy atom. The normalized spacial score (nSPS) is 10.9. The van der Waals surface area contributed by atoms with Gasteiger partial charge in [-0.05, 0) is 29.8 Å². The van der Waals surface area contributed by atoms with Gasteiger partial charge in [-0.2, -0.15) is 0 Å². The number of alkyl halides is 3. The van der Waals surface area contributed by atoms with Crippen molar-refractivity contribution >= 4 is 17.4 Å². The van der Waals surface area contributed by atoms with Gasteiger partial charge < -0.3 is 20.3 Å². The molecule has 0 fully saturated rings. The zero-order valence-electron chi connectivity index (χ0n) is 13.7. The number of anilines is 2. The summed E-state index contributed by atoms with van der Waals surface area (Å²) < 4.78 is 41.0. The van der Waals surface area contributed by atoms with Crippen LogP contribution in [0, 0.1) is 0 Å². The van der Waals surface area contributed by atoms with E-state index in [1.165, 1.54) is 18.2 Å². The number of hydrogen-bond acceptors (Lipinski definition) is 3. The standard InChI is InChI=1S/C17H18F3N3O2/c1-23(2)13-7-5-6-12(10-13)11-21-16(24)22-14-8-3-4-9-15(14)25-17(18,19)20/h3-10H,11H2,1-2H3,(H2,21,22,24). The molecule has 2 amide bonds. The number of halogens is 3. The minimum Gasteiger partial charge on any atom is -0.404 e. The minimum absolute atomic E-state index is 0.0700. The summed E-state index contributed by atoms with van der Waals surface area (Å²) in [6.45, 7) is 0.232. The van der Waals surface area contributed by atoms with E-state index < -0.39 is 18.1 Å². The molecule has 0 atom stereocenters. The molecule has 0 spiro atoms. The third-order valence-electron chi connectivity index (χ3n) is 3.24. The summed E-state index contributed by atoms with van der Waals surface area (Å²) in [6, 6.07) is 12.2. The molecular weight excluding hydrogens is 335 g/mol. The van der Waals surface area contributed by atoms with Crippen LogP contribution >= 0.6 is 0 Å². The quantitative estimate of drug-likeness (QED) is 0.855. The molecule has 2 aromatic rings. The maximum Gasteiger partial charge on any atom is 0.573 e. The molecule has 0 bridgehead atoms. The monoisotopic (exact) mass is 353 g/mol. The molecule has 0 aromatic heterocycles. The summed E-state index contributed by atoms with van der Waals surface area (Å²) in [7, 11) is 3.80. The number of carbonyl (C=O) groups excluding carboxylic acids is 1. The van der Waals surface area contributed by atoms with Crippen LogP contribution in [-0.4, -0.2) is 26.5 Å². The van der Waals surface area contributed by atoms with E-state index >= 15 is 0 Å². The van der Waals surface area contributed by atoms with E-state index in [4.69, 9.17) is 0 Å². The van der Waals surface area contributed by atoms with Gasteiger partial charge in [-0.1, -0.05) is 24.3 Å². The van der Waals surface area contributed by atoms with Crippen LogP contribution in [0.3, 0.4) is 0 Å². The summed E-state index contributed by atoms with van der Waals surface area (Å²) in [5, 5.41) is 4.95. The van der Waals surface area contributed by atoms with E-state index in [2.05, 4.69) is 15.4 Å². The van der Waals surface area contributed by atoms with E-state index in [9.17, 15) is 18.0 Å². The van der Waals surface area contributed by atoms with Crippen molar-refractivity contribution in [1.29, 1.82) is 0 Å². The average Bonchev–Trinajstić information content (AvgIpc) is 2.54. The second-order valence-corrected chi connectivity index (χ2v) is 5.42. The number of nitrogens with one attached hydrogen (secondary N) is 2. The molecule has 25 heavy (non-hydrogen) atoms. The Balaban J connectivity index is 1.98. The highest BCUT2D eigenvalue weighted by Gasteiger charge is 2.32. The van der Waals surface area contributed by atoms with Crippen molar-refractivity contribution in [3.8, 4) is 5.75 Å². The fourth-order valence-corrected chi connectivity index (χ4v) is 2.08. The van der Waals surface area contributed by atoms with Gasteiger partial charge in [-0.15, -0.1) is 13.2 Å². The number of hydrogen-bond donors (Lipinski definition) is 2. The Bertz CT molecular complexity index is 733. The van der Waals surface area contributed by atoms with Crippen LogP contribution in [0.5, 0.6) is 5.75 Å². The van der Waals surface area contributed by atoms with Crippen molar-refractivity contribution in [3.05, 3.63) is 54.1 Å². The predicted octanol–water partition coefficient (Wildman–Crippen LogP) is 3.97. The molecule has 0 aliphatic carbocycles. The number of urea groups is 1. The zero-order chi connectivity index (χ0) is 18.4. The maximum atomic E-state index is 12.4. The topological polar surface area (TPSA) is 53.6 Å². The lowest BCUT2D eigenvalue weighted by atomic mass is 10.2. The first-order valence-electron chi connectivity index (χ1n) is 7.40. The third-order valence-corrected chi connectivity index (χ3v) is 3.24. The lowest BCUT2D eigenvalue weighted by molar-refractivity contribution is -0.274. The Morgan fingerprint density at radius 2 is 1.84 bits per heavy atom. The van der Waals surface area contributed by atoms with Crippen LogP contribution in [0.25, 0.3) is 0 Å². The van der Waals surface area contributed by atoms with Gasteiger partial charge in [-0.3, -0.25) is 0 Å². The van der Waals surface area contributed by atoms with Crippen LogP contribution < -0.4 is 20.3 Å². The number of para-hydroxylation sites is 2. The Kier molecular flexibility index (Phi) is 5.74. The van der Waals surface area contributed by atoms with Crippen LogP contribution in [0.1, 0.15) is 5.56 Å². The SMILES string of the molecule is CN(C)c1cccc(CNC(=O)Nc2ccccc2OC(F)(F)F)c1. The van der Waals surface area contributed by atoms with Gasteiger partial charge in [0.2, 0.25) is 0 Å². The van der Waals surface area contributed by atoms with Gasteiger partial charge in [0.1, 0.15) is 0 Å². The Hall–Kier alpha value is -2.90. The third kappa shape index (κ3) is 5.91. The first-order chi connectivity index (χ1) is 11.7. The minimum atomic E-state index is -4.83. The van der Waals surface area contributed by atoms with Crippen molar-refractivity contribution in [1.82, 2.24) is 5.32 Å². The smallest absolute Gasteiger partial charge is 0.404 e. The maximum absolute atomic E-state index is 12.4. The van der Waals surface area contributed by atoms with E-state index in [1.807, 2.05) is 43.3 Å². The van der Waals surface area contributed by atoms with Gasteiger partial charge in [0.15, 0.2) is 5.75 Å². The molecule has 0 aliphatic heterocycles. The van der Waals surface area contributed by atoms with Gasteiger partial charge in [0, 0.05) is 26.3 Å². The molecule has 0 radical (unpaired) electrons. The highest BCUT2D eigenvalue weighted by molar-refractivity contribution is 5.90. The first kappa shape index (κ1) is 18.4. The van der Waals surface area contributed by atoms with Crippen molar-refractivity contribution in [3.63, 3.8) is 0 Å². The molecular formula is C17H18F3N3O2. The van der Waals surface area contributed by atoms with Crippen LogP contribution in [0.4, 0.5) is 29.3 Å². The summed E-state index contributed by atoms with van der Waals surface area (Å²) in [5.74, 6) is -0.472. The molecule has 2 rings (SSSR count). The molecule has 5 nitrogen and oxygen atoms in total. The number of benzene rings is 2. The highest BCUT2D eigenvalue weighted by atomic mass is 19.4. The number of carbonyl (C=O) groups is 1. The summed E-state index contributed by atoms with van der Waals surface area (Å²) in [6.07, 6.45) is -4.83. The van der Waals surface area contributed by atoms with Gasteiger partial charge in [0.25, 0.3) is 0 Å². The summed E-state index contributed by atoms with van der Waals surface area (Å²) >= 11 is 0. The van der Waals surface area contributed by atoms with Crippen molar-refractivity contribution < 1.29 is 22.7 Å². The molecule has 0 aliphatic rings. The number of amides is 2. The first-order valence-corrected chi connectivity index (χ1v) is 7.40. The highest BCUT2D eigenvalue weighted by Crippen LogP contribution is 2.29. The Morgan fingerprint density at radius 1 is 1.12 bits per heavy atom. The molecule has 2 aromatic carbocycles. The predicted molar refractivity (Wildman–Crippen MR) is 89.8 cm³/mol. The molecule has 8 heteroatoms. The molecule has 0 heterocycles. The van der Waals surface area contributed by atoms with Gasteiger partial charge >= 0.3 is 12.4 Å². The van der Waals surface area contributed by atoms with Gasteiger partial charge in [0.05, 0.1) is 5.69 Å². The van der Waals surface area contributed by atoms with Crippen molar-refractivity contribution in [2.45, 2.75) is 12.9 Å². The van der Waals surface area contributed by atoms with E-state index in [1.54, 1.807) is 0 Å². The largest absolute Gasteiger partial charge is 0.573 e. The summed E-state index contributed by atoms with van der Waals surface area (Å²) in [5.41, 5.74) is 1.77. The zero-order valence-corrected chi connectivity index (χ0v) is 13.7. The fourth-order valence-electron chi connectivity index (χ4n) is 2.08. The molecule has 0 unspecified atom stereocenters. The van der Waals surface area contributed by atoms with E-state index in [0.29, 0.717) is 0 Å². The fraction of sp³-hybridized carbons (Fsp3) is 0.235. The molecule has 134 valence electrons. The van der Waals surface area contributed by atoms with Crippen LogP contribution in [0.2, 0.25) is 0 Å². The van der Waals surface area contributed by atoms with E-state index in [-0.39, 0.29) is 12.2 Å². The Labute approximate surface area is 143 Å². The average molecular weight is 353 g/mol. The lowest BCUT2D eigenvalue weighted by Gasteiger charge is -2.15. The van der Waals surface area contributed by atoms with Crippen molar-refractivity contribution in [2.24, 2.45) is 0 Å². The molecule has 0 saturated carbocycles. The number of ether oxygens (including phenoxy) is 1. The number of rotatable bonds is 5. The molecule has 2 N–H and O–H groups in total.